The summed E-state index contributed by atoms with van der Waals surface area (Å²) in [7, 11) is 0. The molecule has 0 amide bonds. The van der Waals surface area contributed by atoms with Gasteiger partial charge >= 0.3 is 0 Å². The SMILES string of the molecule is CC(Cl)C(=O)c1cccc2c1NCCC2. The standard InChI is InChI=1S/C12H14ClNO/c1-8(13)12(15)10-6-2-4-9-5-3-7-14-11(9)10/h2,4,6,8,14H,3,5,7H2,1H3. The number of Topliss-reactive ketones (excluding diaryl/α,β-unsaturated/α-hetero) is 1. The third kappa shape index (κ3) is 2.00. The third-order valence-electron chi connectivity index (χ3n) is 2.70. The monoisotopic (exact) mass is 223 g/mol. The number of ketones is 1. The molecule has 0 aromatic heterocycles. The van der Waals surface area contributed by atoms with E-state index in [1.54, 1.807) is 6.92 Å². The lowest BCUT2D eigenvalue weighted by atomic mass is 9.96. The Balaban J connectivity index is 2.43. The van der Waals surface area contributed by atoms with Crippen molar-refractivity contribution in [2.75, 3.05) is 11.9 Å². The summed E-state index contributed by atoms with van der Waals surface area (Å²) in [6.45, 7) is 2.65. The fourth-order valence-electron chi connectivity index (χ4n) is 1.93. The highest BCUT2D eigenvalue weighted by atomic mass is 35.5. The molecule has 1 unspecified atom stereocenters. The average Bonchev–Trinajstić information content (AvgIpc) is 2.27. The molecule has 0 aliphatic carbocycles. The maximum Gasteiger partial charge on any atom is 0.182 e. The molecule has 1 aromatic carbocycles. The van der Waals surface area contributed by atoms with Gasteiger partial charge in [-0.15, -0.1) is 11.6 Å². The van der Waals surface area contributed by atoms with Crippen LogP contribution in [0.15, 0.2) is 18.2 Å². The first-order valence-corrected chi connectivity index (χ1v) is 5.68. The van der Waals surface area contributed by atoms with Crippen molar-refractivity contribution in [3.63, 3.8) is 0 Å². The molecular formula is C12H14ClNO. The van der Waals surface area contributed by atoms with Crippen molar-refractivity contribution < 1.29 is 4.79 Å². The molecule has 2 rings (SSSR count). The number of rotatable bonds is 2. The molecule has 0 saturated carbocycles. The predicted octanol–water partition coefficient (Wildman–Crippen LogP) is 2.85. The first kappa shape index (κ1) is 10.5. The largest absolute Gasteiger partial charge is 0.384 e. The highest BCUT2D eigenvalue weighted by Gasteiger charge is 2.19. The Kier molecular flexibility index (Phi) is 2.96. The van der Waals surface area contributed by atoms with Crippen LogP contribution in [-0.2, 0) is 6.42 Å². The summed E-state index contributed by atoms with van der Waals surface area (Å²) >= 11 is 5.83. The van der Waals surface area contributed by atoms with Crippen molar-refractivity contribution >= 4 is 23.1 Å². The van der Waals surface area contributed by atoms with E-state index in [1.165, 1.54) is 5.56 Å². The second-order valence-corrected chi connectivity index (χ2v) is 4.50. The Hall–Kier alpha value is -1.02. The minimum absolute atomic E-state index is 0.00270. The fourth-order valence-corrected chi connectivity index (χ4v) is 2.05. The summed E-state index contributed by atoms with van der Waals surface area (Å²) < 4.78 is 0. The van der Waals surface area contributed by atoms with Crippen LogP contribution in [0.25, 0.3) is 0 Å². The van der Waals surface area contributed by atoms with Crippen molar-refractivity contribution in [1.82, 2.24) is 0 Å². The summed E-state index contributed by atoms with van der Waals surface area (Å²) in [6.07, 6.45) is 2.17. The van der Waals surface area contributed by atoms with E-state index in [0.717, 1.165) is 30.6 Å². The van der Waals surface area contributed by atoms with E-state index in [4.69, 9.17) is 11.6 Å². The third-order valence-corrected chi connectivity index (χ3v) is 2.90. The molecule has 1 N–H and O–H groups in total. The van der Waals surface area contributed by atoms with Crippen LogP contribution in [-0.4, -0.2) is 17.7 Å². The number of halogens is 1. The maximum absolute atomic E-state index is 11.8. The second kappa shape index (κ2) is 4.23. The van der Waals surface area contributed by atoms with Gasteiger partial charge in [-0.3, -0.25) is 4.79 Å². The summed E-state index contributed by atoms with van der Waals surface area (Å²) in [5, 5.41) is 2.83. The number of nitrogens with one attached hydrogen (secondary N) is 1. The number of fused-ring (bicyclic) bond motifs is 1. The first-order valence-electron chi connectivity index (χ1n) is 5.24. The van der Waals surface area contributed by atoms with Crippen molar-refractivity contribution in [2.24, 2.45) is 0 Å². The Morgan fingerprint density at radius 1 is 1.53 bits per heavy atom. The van der Waals surface area contributed by atoms with Gasteiger partial charge in [0.05, 0.1) is 5.38 Å². The zero-order valence-corrected chi connectivity index (χ0v) is 9.47. The maximum atomic E-state index is 11.8. The van der Waals surface area contributed by atoms with Gasteiger partial charge in [0, 0.05) is 17.8 Å². The van der Waals surface area contributed by atoms with Crippen LogP contribution in [0.2, 0.25) is 0 Å². The molecule has 1 heterocycles. The van der Waals surface area contributed by atoms with E-state index >= 15 is 0 Å². The fraction of sp³-hybridized carbons (Fsp3) is 0.417. The van der Waals surface area contributed by atoms with Crippen LogP contribution < -0.4 is 5.32 Å². The quantitative estimate of drug-likeness (QED) is 0.617. The molecule has 2 nitrogen and oxygen atoms in total. The molecule has 80 valence electrons. The van der Waals surface area contributed by atoms with E-state index in [1.807, 2.05) is 12.1 Å². The van der Waals surface area contributed by atoms with Crippen molar-refractivity contribution in [2.45, 2.75) is 25.1 Å². The number of carbonyl (C=O) groups is 1. The Bertz CT molecular complexity index is 387. The zero-order chi connectivity index (χ0) is 10.8. The number of benzene rings is 1. The molecule has 0 radical (unpaired) electrons. The Morgan fingerprint density at radius 2 is 2.33 bits per heavy atom. The number of anilines is 1. The lowest BCUT2D eigenvalue weighted by Gasteiger charge is -2.20. The molecule has 15 heavy (non-hydrogen) atoms. The highest BCUT2D eigenvalue weighted by Crippen LogP contribution is 2.27. The van der Waals surface area contributed by atoms with E-state index in [0.29, 0.717) is 0 Å². The van der Waals surface area contributed by atoms with E-state index < -0.39 is 5.38 Å². The van der Waals surface area contributed by atoms with Crippen molar-refractivity contribution in [3.05, 3.63) is 29.3 Å². The number of hydrogen-bond acceptors (Lipinski definition) is 2. The zero-order valence-electron chi connectivity index (χ0n) is 8.72. The van der Waals surface area contributed by atoms with Gasteiger partial charge in [0.1, 0.15) is 0 Å². The lowest BCUT2D eigenvalue weighted by molar-refractivity contribution is 0.0992. The average molecular weight is 224 g/mol. The topological polar surface area (TPSA) is 29.1 Å². The van der Waals surface area contributed by atoms with Crippen molar-refractivity contribution in [1.29, 1.82) is 0 Å². The lowest BCUT2D eigenvalue weighted by Crippen LogP contribution is -2.18. The Morgan fingerprint density at radius 3 is 3.07 bits per heavy atom. The Labute approximate surface area is 94.6 Å². The molecule has 1 aliphatic rings. The number of alkyl halides is 1. The second-order valence-electron chi connectivity index (χ2n) is 3.85. The van der Waals surface area contributed by atoms with E-state index in [2.05, 4.69) is 11.4 Å². The van der Waals surface area contributed by atoms with Crippen LogP contribution in [0.1, 0.15) is 29.3 Å². The summed E-state index contributed by atoms with van der Waals surface area (Å²) in [5.41, 5.74) is 2.94. The van der Waals surface area contributed by atoms with Crippen LogP contribution in [0.4, 0.5) is 5.69 Å². The van der Waals surface area contributed by atoms with E-state index in [-0.39, 0.29) is 5.78 Å². The van der Waals surface area contributed by atoms with Crippen LogP contribution >= 0.6 is 11.6 Å². The summed E-state index contributed by atoms with van der Waals surface area (Å²) in [6, 6.07) is 5.84. The highest BCUT2D eigenvalue weighted by molar-refractivity contribution is 6.34. The van der Waals surface area contributed by atoms with E-state index in [9.17, 15) is 4.79 Å². The van der Waals surface area contributed by atoms with Gasteiger partial charge in [-0.1, -0.05) is 12.1 Å². The van der Waals surface area contributed by atoms with Gasteiger partial charge in [-0.05, 0) is 31.4 Å². The minimum atomic E-state index is -0.458. The van der Waals surface area contributed by atoms with Gasteiger partial charge < -0.3 is 5.32 Å². The molecular weight excluding hydrogens is 210 g/mol. The summed E-state index contributed by atoms with van der Waals surface area (Å²) in [4.78, 5) is 11.8. The molecule has 0 bridgehead atoms. The smallest absolute Gasteiger partial charge is 0.182 e. The molecule has 0 saturated heterocycles. The van der Waals surface area contributed by atoms with Gasteiger partial charge in [0.15, 0.2) is 5.78 Å². The van der Waals surface area contributed by atoms with Crippen LogP contribution in [0, 0.1) is 0 Å². The molecule has 3 heteroatoms. The molecule has 0 fully saturated rings. The van der Waals surface area contributed by atoms with Crippen molar-refractivity contribution in [3.8, 4) is 0 Å². The molecule has 0 spiro atoms. The molecule has 1 aromatic rings. The minimum Gasteiger partial charge on any atom is -0.384 e. The van der Waals surface area contributed by atoms with Crippen LogP contribution in [0.5, 0.6) is 0 Å². The summed E-state index contributed by atoms with van der Waals surface area (Å²) in [5.74, 6) is 0.00270. The normalized spacial score (nSPS) is 16.4. The van der Waals surface area contributed by atoms with Gasteiger partial charge in [0.25, 0.3) is 0 Å². The van der Waals surface area contributed by atoms with Gasteiger partial charge in [0.2, 0.25) is 0 Å². The molecule has 1 atom stereocenters. The number of carbonyl (C=O) groups excluding carboxylic acids is 1. The molecule has 1 aliphatic heterocycles. The van der Waals surface area contributed by atoms with Crippen LogP contribution in [0.3, 0.4) is 0 Å². The first-order chi connectivity index (χ1) is 7.20. The number of aryl methyl sites for hydroxylation is 1. The number of para-hydroxylation sites is 1. The predicted molar refractivity (Wildman–Crippen MR) is 62.9 cm³/mol. The number of hydrogen-bond donors (Lipinski definition) is 1. The van der Waals surface area contributed by atoms with Gasteiger partial charge in [-0.25, -0.2) is 0 Å². The van der Waals surface area contributed by atoms with Gasteiger partial charge in [-0.2, -0.15) is 0 Å².